The van der Waals surface area contributed by atoms with E-state index in [0.29, 0.717) is 29.7 Å². The van der Waals surface area contributed by atoms with Gasteiger partial charge in [0.1, 0.15) is 6.04 Å². The zero-order valence-corrected chi connectivity index (χ0v) is 22.7. The van der Waals surface area contributed by atoms with Crippen molar-refractivity contribution in [2.45, 2.75) is 58.5 Å². The fourth-order valence-electron chi connectivity index (χ4n) is 5.28. The smallest absolute Gasteiger partial charge is 0.326 e. The summed E-state index contributed by atoms with van der Waals surface area (Å²) in [4.78, 5) is 39.1. The maximum atomic E-state index is 13.1. The quantitative estimate of drug-likeness (QED) is 0.344. The molecule has 0 bridgehead atoms. The summed E-state index contributed by atoms with van der Waals surface area (Å²) < 4.78 is 0. The van der Waals surface area contributed by atoms with Crippen molar-refractivity contribution in [3.63, 3.8) is 0 Å². The van der Waals surface area contributed by atoms with Crippen LogP contribution in [0, 0.1) is 17.2 Å². The molecule has 39 heavy (non-hydrogen) atoms. The lowest BCUT2D eigenvalue weighted by atomic mass is 9.77. The molecule has 0 saturated heterocycles. The molecule has 0 aliphatic carbocycles. The average Bonchev–Trinajstić information content (AvgIpc) is 3.25. The number of hydrogen-bond acceptors (Lipinski definition) is 4. The summed E-state index contributed by atoms with van der Waals surface area (Å²) in [5.74, 6) is -1.73. The van der Waals surface area contributed by atoms with Crippen molar-refractivity contribution in [3.05, 3.63) is 89.0 Å². The molecule has 2 amide bonds. The third-order valence-corrected chi connectivity index (χ3v) is 7.76. The van der Waals surface area contributed by atoms with Crippen LogP contribution in [0.4, 0.5) is 5.69 Å². The van der Waals surface area contributed by atoms with Gasteiger partial charge in [-0.25, -0.2) is 4.79 Å². The number of carboxylic acids is 1. The first-order chi connectivity index (χ1) is 18.6. The first-order valence-corrected chi connectivity index (χ1v) is 13.2. The van der Waals surface area contributed by atoms with E-state index in [-0.39, 0.29) is 24.3 Å². The van der Waals surface area contributed by atoms with Gasteiger partial charge in [-0.15, -0.1) is 0 Å². The van der Waals surface area contributed by atoms with Crippen LogP contribution >= 0.6 is 0 Å². The van der Waals surface area contributed by atoms with E-state index in [1.165, 1.54) is 4.90 Å². The Kier molecular flexibility index (Phi) is 7.87. The third kappa shape index (κ3) is 5.28. The second-order valence-corrected chi connectivity index (χ2v) is 10.3. The first kappa shape index (κ1) is 27.6. The molecule has 0 spiro atoms. The summed E-state index contributed by atoms with van der Waals surface area (Å²) in [7, 11) is 0. The number of fused-ring (bicyclic) bond motifs is 1. The number of amides is 2. The monoisotopic (exact) mass is 523 g/mol. The number of hydrogen-bond donors (Lipinski definition) is 2. The summed E-state index contributed by atoms with van der Waals surface area (Å²) in [6, 6.07) is 21.7. The molecular formula is C32H33N3O4. The van der Waals surface area contributed by atoms with Crippen molar-refractivity contribution in [2.24, 2.45) is 5.92 Å². The summed E-state index contributed by atoms with van der Waals surface area (Å²) in [5, 5.41) is 22.2. The van der Waals surface area contributed by atoms with E-state index in [1.54, 1.807) is 44.2 Å². The van der Waals surface area contributed by atoms with Crippen molar-refractivity contribution in [1.82, 2.24) is 4.90 Å². The van der Waals surface area contributed by atoms with Gasteiger partial charge in [0.25, 0.3) is 11.8 Å². The van der Waals surface area contributed by atoms with Gasteiger partial charge >= 0.3 is 5.97 Å². The Hall–Kier alpha value is -4.44. The number of anilines is 1. The molecule has 2 N–H and O–H groups in total. The van der Waals surface area contributed by atoms with E-state index in [0.717, 1.165) is 22.3 Å². The van der Waals surface area contributed by atoms with Gasteiger partial charge in [-0.2, -0.15) is 5.26 Å². The molecule has 1 aliphatic rings. The van der Waals surface area contributed by atoms with Crippen LogP contribution < -0.4 is 5.32 Å². The average molecular weight is 524 g/mol. The van der Waals surface area contributed by atoms with Gasteiger partial charge in [0.2, 0.25) is 0 Å². The Morgan fingerprint density at radius 3 is 2.15 bits per heavy atom. The third-order valence-electron chi connectivity index (χ3n) is 7.76. The fourth-order valence-corrected chi connectivity index (χ4v) is 5.28. The minimum atomic E-state index is -1.00. The van der Waals surface area contributed by atoms with Crippen LogP contribution in [0.5, 0.6) is 0 Å². The van der Waals surface area contributed by atoms with Gasteiger partial charge in [0.05, 0.1) is 11.5 Å². The molecule has 3 aromatic carbocycles. The van der Waals surface area contributed by atoms with E-state index in [4.69, 9.17) is 0 Å². The van der Waals surface area contributed by atoms with Gasteiger partial charge in [0, 0.05) is 23.4 Å². The number of rotatable bonds is 9. The van der Waals surface area contributed by atoms with Gasteiger partial charge in [0.15, 0.2) is 0 Å². The molecule has 3 aromatic rings. The molecule has 0 aromatic heterocycles. The van der Waals surface area contributed by atoms with Crippen molar-refractivity contribution >= 4 is 23.5 Å². The highest BCUT2D eigenvalue weighted by Gasteiger charge is 2.38. The van der Waals surface area contributed by atoms with Crippen LogP contribution in [0.2, 0.25) is 0 Å². The molecule has 1 aliphatic heterocycles. The normalized spacial score (nSPS) is 13.6. The molecule has 0 saturated carbocycles. The molecule has 0 fully saturated rings. The SMILES string of the molecule is CCC(C#N)(CC)c1ccc(C(=O)Nc2ccc(-c3ccc4c(c3)C(=O)N(C(C(=O)O)C(C)C)C4)cc2)cc1. The number of carboxylic acid groups (broad SMARTS) is 1. The lowest BCUT2D eigenvalue weighted by Crippen LogP contribution is -2.44. The Balaban J connectivity index is 1.47. The number of nitriles is 1. The minimum absolute atomic E-state index is 0.209. The van der Waals surface area contributed by atoms with E-state index in [1.807, 2.05) is 50.2 Å². The Morgan fingerprint density at radius 1 is 1.00 bits per heavy atom. The van der Waals surface area contributed by atoms with Crippen LogP contribution in [-0.2, 0) is 16.8 Å². The highest BCUT2D eigenvalue weighted by Crippen LogP contribution is 2.33. The number of aliphatic carboxylic acids is 1. The van der Waals surface area contributed by atoms with Crippen LogP contribution in [0.1, 0.15) is 72.4 Å². The second-order valence-electron chi connectivity index (χ2n) is 10.3. The number of carbonyl (C=O) groups is 3. The maximum absolute atomic E-state index is 13.1. The van der Waals surface area contributed by atoms with Crippen LogP contribution in [0.25, 0.3) is 11.1 Å². The molecule has 200 valence electrons. The molecule has 4 rings (SSSR count). The largest absolute Gasteiger partial charge is 0.480 e. The van der Waals surface area contributed by atoms with E-state index < -0.39 is 17.4 Å². The number of nitrogens with zero attached hydrogens (tertiary/aromatic N) is 2. The molecular weight excluding hydrogens is 490 g/mol. The molecule has 1 unspecified atom stereocenters. The second kappa shape index (κ2) is 11.1. The summed E-state index contributed by atoms with van der Waals surface area (Å²) in [6.07, 6.45) is 1.41. The molecule has 1 atom stereocenters. The van der Waals surface area contributed by atoms with Crippen molar-refractivity contribution in [2.75, 3.05) is 5.32 Å². The zero-order valence-electron chi connectivity index (χ0n) is 22.7. The molecule has 1 heterocycles. The van der Waals surface area contributed by atoms with E-state index in [9.17, 15) is 24.8 Å². The zero-order chi connectivity index (χ0) is 28.3. The topological polar surface area (TPSA) is 111 Å². The predicted octanol–water partition coefficient (Wildman–Crippen LogP) is 6.25. The van der Waals surface area contributed by atoms with Gasteiger partial charge < -0.3 is 15.3 Å². The fraction of sp³-hybridized carbons (Fsp3) is 0.312. The minimum Gasteiger partial charge on any atom is -0.480 e. The summed E-state index contributed by atoms with van der Waals surface area (Å²) in [5.41, 5.74) is 4.54. The van der Waals surface area contributed by atoms with Gasteiger partial charge in [-0.1, -0.05) is 64.1 Å². The van der Waals surface area contributed by atoms with Gasteiger partial charge in [-0.05, 0) is 71.3 Å². The maximum Gasteiger partial charge on any atom is 0.326 e. The number of carbonyl (C=O) groups excluding carboxylic acids is 2. The van der Waals surface area contributed by atoms with Crippen LogP contribution in [0.15, 0.2) is 66.7 Å². The van der Waals surface area contributed by atoms with Gasteiger partial charge in [-0.3, -0.25) is 9.59 Å². The lowest BCUT2D eigenvalue weighted by Gasteiger charge is -2.27. The van der Waals surface area contributed by atoms with Crippen molar-refractivity contribution in [1.29, 1.82) is 5.26 Å². The van der Waals surface area contributed by atoms with E-state index in [2.05, 4.69) is 11.4 Å². The molecule has 0 radical (unpaired) electrons. The van der Waals surface area contributed by atoms with E-state index >= 15 is 0 Å². The molecule has 7 nitrogen and oxygen atoms in total. The highest BCUT2D eigenvalue weighted by atomic mass is 16.4. The van der Waals surface area contributed by atoms with Crippen molar-refractivity contribution in [3.8, 4) is 17.2 Å². The van der Waals surface area contributed by atoms with Crippen molar-refractivity contribution < 1.29 is 19.5 Å². The Bertz CT molecular complexity index is 1430. The van der Waals surface area contributed by atoms with Crippen LogP contribution in [0.3, 0.4) is 0 Å². The standard InChI is InChI=1S/C32H33N3O4/c1-5-32(6-2,19-33)25-13-9-22(10-14-25)29(36)34-26-15-11-21(12-16-26)23-7-8-24-18-35(30(37)27(24)17-23)28(20(3)4)31(38)39/h7-17,20,28H,5-6,18H2,1-4H3,(H,34,36)(H,38,39). The highest BCUT2D eigenvalue weighted by molar-refractivity contribution is 6.04. The number of benzene rings is 3. The lowest BCUT2D eigenvalue weighted by molar-refractivity contribution is -0.144. The Labute approximate surface area is 229 Å². The molecule has 7 heteroatoms. The summed E-state index contributed by atoms with van der Waals surface area (Å²) >= 11 is 0. The number of nitrogens with one attached hydrogen (secondary N) is 1. The Morgan fingerprint density at radius 2 is 1.62 bits per heavy atom. The first-order valence-electron chi connectivity index (χ1n) is 13.2. The van der Waals surface area contributed by atoms with Crippen LogP contribution in [-0.4, -0.2) is 33.8 Å². The predicted molar refractivity (Wildman–Crippen MR) is 150 cm³/mol. The summed E-state index contributed by atoms with van der Waals surface area (Å²) in [6.45, 7) is 7.87.